The van der Waals surface area contributed by atoms with Gasteiger partial charge in [-0.3, -0.25) is 9.78 Å². The predicted octanol–water partition coefficient (Wildman–Crippen LogP) is 7.07. The Morgan fingerprint density at radius 2 is 1.82 bits per heavy atom. The molecule has 0 aromatic carbocycles. The fourth-order valence-electron chi connectivity index (χ4n) is 9.54. The fraction of sp³-hybridized carbons (Fsp3) is 0.706. The van der Waals surface area contributed by atoms with E-state index in [2.05, 4.69) is 54.2 Å². The summed E-state index contributed by atoms with van der Waals surface area (Å²) in [6.07, 6.45) is 22.1. The number of hydrogen-bond acceptors (Lipinski definition) is 4. The molecular formula is C34H46N2O2. The summed E-state index contributed by atoms with van der Waals surface area (Å²) in [5, 5.41) is 0. The minimum atomic E-state index is 0.0852. The fourth-order valence-corrected chi connectivity index (χ4v) is 9.54. The number of pyridine rings is 1. The van der Waals surface area contributed by atoms with E-state index in [1.165, 1.54) is 57.1 Å². The van der Waals surface area contributed by atoms with E-state index in [-0.39, 0.29) is 28.8 Å². The van der Waals surface area contributed by atoms with Gasteiger partial charge < -0.3 is 9.64 Å². The largest absolute Gasteiger partial charge is 0.462 e. The molecule has 1 aromatic heterocycles. The molecule has 1 aromatic rings. The number of hydrogen-bond donors (Lipinski definition) is 0. The Bertz CT molecular complexity index is 1110. The molecule has 4 heteroatoms. The van der Waals surface area contributed by atoms with Crippen LogP contribution in [0.25, 0.3) is 5.57 Å². The highest BCUT2D eigenvalue weighted by Gasteiger charge is 2.57. The van der Waals surface area contributed by atoms with Crippen molar-refractivity contribution >= 4 is 11.5 Å². The highest BCUT2D eigenvalue weighted by Crippen LogP contribution is 2.66. The van der Waals surface area contributed by atoms with Gasteiger partial charge in [0.2, 0.25) is 0 Å². The smallest absolute Gasteiger partial charge is 0.309 e. The molecule has 3 saturated carbocycles. The van der Waals surface area contributed by atoms with Crippen LogP contribution < -0.4 is 0 Å². The SMILES string of the molecule is CC12CC[C@H]3C(CC=C4CC(OC(=O)C5CCN(CC6CC6)CC5)CCC43C)C1CC=C2c1cccnc1. The lowest BCUT2D eigenvalue weighted by Gasteiger charge is -2.58. The molecule has 1 aliphatic heterocycles. The molecule has 5 aliphatic carbocycles. The molecule has 7 rings (SSSR count). The first-order chi connectivity index (χ1) is 18.4. The van der Waals surface area contributed by atoms with E-state index < -0.39 is 0 Å². The molecule has 4 fully saturated rings. The van der Waals surface area contributed by atoms with E-state index in [0.717, 1.165) is 62.4 Å². The Morgan fingerprint density at radius 3 is 2.58 bits per heavy atom. The molecule has 38 heavy (non-hydrogen) atoms. The summed E-state index contributed by atoms with van der Waals surface area (Å²) in [5.74, 6) is 3.38. The maximum atomic E-state index is 13.1. The third kappa shape index (κ3) is 4.30. The second-order valence-electron chi connectivity index (χ2n) is 14.1. The van der Waals surface area contributed by atoms with Gasteiger partial charge in [0.25, 0.3) is 0 Å². The Morgan fingerprint density at radius 1 is 1.00 bits per heavy atom. The average Bonchev–Trinajstić information content (AvgIpc) is 3.67. The number of ether oxygens (including phenoxy) is 1. The number of allylic oxidation sites excluding steroid dienone is 3. The van der Waals surface area contributed by atoms with Gasteiger partial charge in [-0.2, -0.15) is 0 Å². The van der Waals surface area contributed by atoms with E-state index in [1.54, 1.807) is 11.1 Å². The van der Waals surface area contributed by atoms with Crippen molar-refractivity contribution in [2.24, 2.45) is 40.4 Å². The van der Waals surface area contributed by atoms with Gasteiger partial charge in [0.1, 0.15) is 6.10 Å². The summed E-state index contributed by atoms with van der Waals surface area (Å²) in [6.45, 7) is 8.49. The van der Waals surface area contributed by atoms with E-state index in [4.69, 9.17) is 4.74 Å². The number of aromatic nitrogens is 1. The van der Waals surface area contributed by atoms with Crippen molar-refractivity contribution in [3.8, 4) is 0 Å². The van der Waals surface area contributed by atoms with Crippen molar-refractivity contribution in [1.29, 1.82) is 0 Å². The molecule has 0 bridgehead atoms. The molecule has 0 radical (unpaired) electrons. The van der Waals surface area contributed by atoms with Crippen molar-refractivity contribution < 1.29 is 9.53 Å². The molecule has 6 aliphatic rings. The second-order valence-corrected chi connectivity index (χ2v) is 14.1. The molecule has 4 nitrogen and oxygen atoms in total. The zero-order valence-electron chi connectivity index (χ0n) is 23.5. The number of carbonyl (C=O) groups excluding carboxylic acids is 1. The summed E-state index contributed by atoms with van der Waals surface area (Å²) in [5.41, 5.74) is 5.02. The first kappa shape index (κ1) is 25.1. The third-order valence-corrected chi connectivity index (χ3v) is 12.0. The van der Waals surface area contributed by atoms with Gasteiger partial charge in [-0.25, -0.2) is 0 Å². The lowest BCUT2D eigenvalue weighted by molar-refractivity contribution is -0.158. The van der Waals surface area contributed by atoms with E-state index >= 15 is 0 Å². The van der Waals surface area contributed by atoms with Crippen molar-refractivity contribution in [2.75, 3.05) is 19.6 Å². The van der Waals surface area contributed by atoms with Crippen LogP contribution in [0.5, 0.6) is 0 Å². The number of rotatable bonds is 5. The molecule has 5 unspecified atom stereocenters. The van der Waals surface area contributed by atoms with Crippen molar-refractivity contribution in [1.82, 2.24) is 9.88 Å². The molecular weight excluding hydrogens is 468 g/mol. The standard InChI is InChI=1S/C34H46N2O2/c1-33-15-11-27(38-32(37)24-13-18-36(19-14-24)22-23-5-6-23)20-26(33)7-8-28-30-10-9-29(25-4-3-17-35-21-25)34(30,2)16-12-31(28)33/h3-4,7,9,17,21,23-24,27-28,30-31H,5-6,8,10-16,18-20,22H2,1-2H3/t27?,28?,30?,31-,33?,34?/m0/s1. The zero-order valence-corrected chi connectivity index (χ0v) is 23.5. The van der Waals surface area contributed by atoms with Gasteiger partial charge in [-0.05, 0) is 129 Å². The lowest BCUT2D eigenvalue weighted by atomic mass is 9.47. The van der Waals surface area contributed by atoms with Crippen LogP contribution in [0.3, 0.4) is 0 Å². The summed E-state index contributed by atoms with van der Waals surface area (Å²) in [4.78, 5) is 20.1. The molecule has 0 N–H and O–H groups in total. The number of nitrogens with zero attached hydrogens (tertiary/aromatic N) is 2. The first-order valence-electron chi connectivity index (χ1n) is 15.7. The highest BCUT2D eigenvalue weighted by molar-refractivity contribution is 5.73. The Kier molecular flexibility index (Phi) is 6.34. The zero-order chi connectivity index (χ0) is 25.9. The number of esters is 1. The maximum Gasteiger partial charge on any atom is 0.309 e. The molecule has 204 valence electrons. The minimum absolute atomic E-state index is 0.0852. The predicted molar refractivity (Wildman–Crippen MR) is 151 cm³/mol. The summed E-state index contributed by atoms with van der Waals surface area (Å²) < 4.78 is 6.23. The Labute approximate surface area is 229 Å². The van der Waals surface area contributed by atoms with Crippen LogP contribution in [0.1, 0.15) is 90.0 Å². The van der Waals surface area contributed by atoms with Gasteiger partial charge in [-0.15, -0.1) is 0 Å². The quantitative estimate of drug-likeness (QED) is 0.311. The number of fused-ring (bicyclic) bond motifs is 5. The molecule has 1 saturated heterocycles. The Hall–Kier alpha value is -1.94. The topological polar surface area (TPSA) is 42.4 Å². The van der Waals surface area contributed by atoms with E-state index in [1.807, 2.05) is 6.20 Å². The molecule has 0 amide bonds. The number of piperidine rings is 1. The minimum Gasteiger partial charge on any atom is -0.462 e. The van der Waals surface area contributed by atoms with E-state index in [9.17, 15) is 4.79 Å². The van der Waals surface area contributed by atoms with Crippen LogP contribution >= 0.6 is 0 Å². The molecule has 2 heterocycles. The van der Waals surface area contributed by atoms with Crippen molar-refractivity contribution in [3.05, 3.63) is 47.8 Å². The van der Waals surface area contributed by atoms with Crippen LogP contribution in [-0.2, 0) is 9.53 Å². The van der Waals surface area contributed by atoms with Crippen molar-refractivity contribution in [3.63, 3.8) is 0 Å². The van der Waals surface area contributed by atoms with Crippen LogP contribution in [0, 0.1) is 40.4 Å². The summed E-state index contributed by atoms with van der Waals surface area (Å²) in [6, 6.07) is 4.33. The summed E-state index contributed by atoms with van der Waals surface area (Å²) in [7, 11) is 0. The van der Waals surface area contributed by atoms with Gasteiger partial charge in [-0.1, -0.05) is 37.6 Å². The third-order valence-electron chi connectivity index (χ3n) is 12.0. The average molecular weight is 515 g/mol. The van der Waals surface area contributed by atoms with Gasteiger partial charge >= 0.3 is 5.97 Å². The lowest BCUT2D eigenvalue weighted by Crippen LogP contribution is -2.50. The Balaban J connectivity index is 0.994. The van der Waals surface area contributed by atoms with Crippen LogP contribution in [0.15, 0.2) is 42.3 Å². The molecule has 0 spiro atoms. The van der Waals surface area contributed by atoms with Crippen LogP contribution in [0.2, 0.25) is 0 Å². The van der Waals surface area contributed by atoms with Crippen molar-refractivity contribution in [2.45, 2.75) is 90.6 Å². The molecule has 6 atom stereocenters. The number of carbonyl (C=O) groups is 1. The first-order valence-corrected chi connectivity index (χ1v) is 15.7. The van der Waals surface area contributed by atoms with Crippen LogP contribution in [-0.4, -0.2) is 41.6 Å². The maximum absolute atomic E-state index is 13.1. The highest BCUT2D eigenvalue weighted by atomic mass is 16.5. The second kappa shape index (κ2) is 9.61. The van der Waals surface area contributed by atoms with Gasteiger partial charge in [0.05, 0.1) is 5.92 Å². The normalized spacial score (nSPS) is 39.4. The van der Waals surface area contributed by atoms with Gasteiger partial charge in [0.15, 0.2) is 0 Å². The van der Waals surface area contributed by atoms with Gasteiger partial charge in [0, 0.05) is 25.4 Å². The monoisotopic (exact) mass is 514 g/mol. The van der Waals surface area contributed by atoms with Crippen LogP contribution in [0.4, 0.5) is 0 Å². The number of likely N-dealkylation sites (tertiary alicyclic amines) is 1. The van der Waals surface area contributed by atoms with E-state index in [0.29, 0.717) is 0 Å². The summed E-state index contributed by atoms with van der Waals surface area (Å²) >= 11 is 0.